The number of hydrogen-bond acceptors (Lipinski definition) is 4. The van der Waals surface area contributed by atoms with Crippen molar-refractivity contribution in [1.82, 2.24) is 20.4 Å². The molecule has 0 spiro atoms. The SMILES string of the molecule is CN(C)CC(NC(=O)c1ccc(=O)[nH]n1)c1ccccc1. The van der Waals surface area contributed by atoms with E-state index >= 15 is 0 Å². The number of aromatic amines is 1. The normalized spacial score (nSPS) is 12.1. The Hall–Kier alpha value is -2.47. The molecule has 6 heteroatoms. The molecule has 1 aromatic heterocycles. The minimum absolute atomic E-state index is 0.151. The molecule has 2 rings (SSSR count). The second kappa shape index (κ2) is 6.81. The van der Waals surface area contributed by atoms with Crippen molar-refractivity contribution < 1.29 is 4.79 Å². The number of rotatable bonds is 5. The monoisotopic (exact) mass is 286 g/mol. The lowest BCUT2D eigenvalue weighted by atomic mass is 10.1. The maximum Gasteiger partial charge on any atom is 0.272 e. The molecule has 0 saturated carbocycles. The molecule has 1 atom stereocenters. The van der Waals surface area contributed by atoms with Gasteiger partial charge in [-0.25, -0.2) is 5.10 Å². The van der Waals surface area contributed by atoms with Gasteiger partial charge in [0.25, 0.3) is 11.5 Å². The van der Waals surface area contributed by atoms with Crippen LogP contribution in [0.25, 0.3) is 0 Å². The highest BCUT2D eigenvalue weighted by molar-refractivity contribution is 5.92. The van der Waals surface area contributed by atoms with Crippen LogP contribution in [0.5, 0.6) is 0 Å². The molecule has 1 amide bonds. The van der Waals surface area contributed by atoms with Crippen molar-refractivity contribution in [3.8, 4) is 0 Å². The highest BCUT2D eigenvalue weighted by Crippen LogP contribution is 2.13. The molecule has 0 fully saturated rings. The number of hydrogen-bond donors (Lipinski definition) is 2. The van der Waals surface area contributed by atoms with Gasteiger partial charge in [0.05, 0.1) is 6.04 Å². The number of nitrogens with zero attached hydrogens (tertiary/aromatic N) is 2. The number of amides is 1. The van der Waals surface area contributed by atoms with Crippen molar-refractivity contribution in [1.29, 1.82) is 0 Å². The second-order valence-electron chi connectivity index (χ2n) is 5.01. The van der Waals surface area contributed by atoms with Gasteiger partial charge in [0.1, 0.15) is 5.69 Å². The minimum atomic E-state index is -0.334. The van der Waals surface area contributed by atoms with Crippen LogP contribution < -0.4 is 10.9 Å². The second-order valence-corrected chi connectivity index (χ2v) is 5.01. The third-order valence-corrected chi connectivity index (χ3v) is 2.97. The van der Waals surface area contributed by atoms with Gasteiger partial charge in [0.2, 0.25) is 0 Å². The highest BCUT2D eigenvalue weighted by atomic mass is 16.2. The van der Waals surface area contributed by atoms with Crippen molar-refractivity contribution in [3.05, 3.63) is 64.1 Å². The van der Waals surface area contributed by atoms with Crippen LogP contribution in [0, 0.1) is 0 Å². The Morgan fingerprint density at radius 2 is 1.95 bits per heavy atom. The molecule has 1 aromatic carbocycles. The van der Waals surface area contributed by atoms with E-state index in [2.05, 4.69) is 15.5 Å². The van der Waals surface area contributed by atoms with Crippen molar-refractivity contribution in [3.63, 3.8) is 0 Å². The number of aromatic nitrogens is 2. The number of H-pyrrole nitrogens is 1. The zero-order chi connectivity index (χ0) is 15.2. The number of carbonyl (C=O) groups is 1. The van der Waals surface area contributed by atoms with Gasteiger partial charge in [-0.2, -0.15) is 5.10 Å². The van der Waals surface area contributed by atoms with Gasteiger partial charge in [0, 0.05) is 12.6 Å². The molecule has 0 saturated heterocycles. The van der Waals surface area contributed by atoms with E-state index in [1.807, 2.05) is 49.3 Å². The number of carbonyl (C=O) groups excluding carboxylic acids is 1. The van der Waals surface area contributed by atoms with Crippen LogP contribution in [0.4, 0.5) is 0 Å². The fourth-order valence-electron chi connectivity index (χ4n) is 1.99. The van der Waals surface area contributed by atoms with Gasteiger partial charge in [0.15, 0.2) is 0 Å². The maximum absolute atomic E-state index is 12.2. The van der Waals surface area contributed by atoms with E-state index in [1.54, 1.807) is 0 Å². The van der Waals surface area contributed by atoms with E-state index in [9.17, 15) is 9.59 Å². The van der Waals surface area contributed by atoms with Crippen LogP contribution in [-0.2, 0) is 0 Å². The molecule has 0 aliphatic carbocycles. The smallest absolute Gasteiger partial charge is 0.272 e. The van der Waals surface area contributed by atoms with E-state index in [1.165, 1.54) is 12.1 Å². The average molecular weight is 286 g/mol. The van der Waals surface area contributed by atoms with Crippen LogP contribution in [0.3, 0.4) is 0 Å². The molecular weight excluding hydrogens is 268 g/mol. The molecule has 110 valence electrons. The molecule has 6 nitrogen and oxygen atoms in total. The first-order valence-corrected chi connectivity index (χ1v) is 6.62. The summed E-state index contributed by atoms with van der Waals surface area (Å²) in [7, 11) is 3.89. The molecule has 0 aliphatic rings. The molecule has 1 heterocycles. The van der Waals surface area contributed by atoms with Crippen molar-refractivity contribution in [2.75, 3.05) is 20.6 Å². The summed E-state index contributed by atoms with van der Waals surface area (Å²) in [5, 5.41) is 8.93. The van der Waals surface area contributed by atoms with E-state index in [4.69, 9.17) is 0 Å². The first-order chi connectivity index (χ1) is 10.1. The standard InChI is InChI=1S/C15H18N4O2/c1-19(2)10-13(11-6-4-3-5-7-11)16-15(21)12-8-9-14(20)18-17-12/h3-9,13H,10H2,1-2H3,(H,16,21)(H,18,20). The Kier molecular flexibility index (Phi) is 4.84. The van der Waals surface area contributed by atoms with E-state index in [0.29, 0.717) is 6.54 Å². The first-order valence-electron chi connectivity index (χ1n) is 6.62. The van der Waals surface area contributed by atoms with Crippen molar-refractivity contribution in [2.45, 2.75) is 6.04 Å². The Morgan fingerprint density at radius 1 is 1.24 bits per heavy atom. The fraction of sp³-hybridized carbons (Fsp3) is 0.267. The minimum Gasteiger partial charge on any atom is -0.343 e. The quantitative estimate of drug-likeness (QED) is 0.852. The summed E-state index contributed by atoms with van der Waals surface area (Å²) in [4.78, 5) is 25.2. The molecule has 2 aromatic rings. The zero-order valence-corrected chi connectivity index (χ0v) is 12.0. The van der Waals surface area contributed by atoms with E-state index in [-0.39, 0.29) is 23.2 Å². The Morgan fingerprint density at radius 3 is 2.52 bits per heavy atom. The summed E-state index contributed by atoms with van der Waals surface area (Å²) in [6, 6.07) is 12.3. The summed E-state index contributed by atoms with van der Waals surface area (Å²) in [5.74, 6) is -0.318. The number of benzene rings is 1. The van der Waals surface area contributed by atoms with Gasteiger partial charge < -0.3 is 10.2 Å². The predicted molar refractivity (Wildman–Crippen MR) is 80.1 cm³/mol. The summed E-state index contributed by atoms with van der Waals surface area (Å²) in [6.07, 6.45) is 0. The maximum atomic E-state index is 12.2. The topological polar surface area (TPSA) is 78.1 Å². The summed E-state index contributed by atoms with van der Waals surface area (Å²) in [6.45, 7) is 0.666. The van der Waals surface area contributed by atoms with Crippen molar-refractivity contribution in [2.24, 2.45) is 0 Å². The fourth-order valence-corrected chi connectivity index (χ4v) is 1.99. The first kappa shape index (κ1) is 14.9. The van der Waals surface area contributed by atoms with E-state index < -0.39 is 0 Å². The summed E-state index contributed by atoms with van der Waals surface area (Å²) in [5.41, 5.74) is 0.873. The van der Waals surface area contributed by atoms with Crippen LogP contribution >= 0.6 is 0 Å². The third-order valence-electron chi connectivity index (χ3n) is 2.97. The van der Waals surface area contributed by atoms with Gasteiger partial charge in [-0.3, -0.25) is 9.59 Å². The van der Waals surface area contributed by atoms with Gasteiger partial charge in [-0.15, -0.1) is 0 Å². The van der Waals surface area contributed by atoms with Gasteiger partial charge in [-0.05, 0) is 25.7 Å². The predicted octanol–water partition coefficient (Wildman–Crippen LogP) is 0.803. The third kappa shape index (κ3) is 4.25. The average Bonchev–Trinajstić information content (AvgIpc) is 2.47. The molecule has 0 aliphatic heterocycles. The lowest BCUT2D eigenvalue weighted by Crippen LogP contribution is -2.36. The largest absolute Gasteiger partial charge is 0.343 e. The van der Waals surface area contributed by atoms with Gasteiger partial charge in [-0.1, -0.05) is 30.3 Å². The summed E-state index contributed by atoms with van der Waals surface area (Å²) >= 11 is 0. The summed E-state index contributed by atoms with van der Waals surface area (Å²) < 4.78 is 0. The molecule has 0 bridgehead atoms. The van der Waals surface area contributed by atoms with E-state index in [0.717, 1.165) is 5.56 Å². The van der Waals surface area contributed by atoms with Gasteiger partial charge >= 0.3 is 0 Å². The molecular formula is C15H18N4O2. The Balaban J connectivity index is 2.17. The Bertz CT molecular complexity index is 632. The molecule has 0 radical (unpaired) electrons. The van der Waals surface area contributed by atoms with Crippen LogP contribution in [0.2, 0.25) is 0 Å². The lowest BCUT2D eigenvalue weighted by molar-refractivity contribution is 0.0923. The molecule has 2 N–H and O–H groups in total. The number of likely N-dealkylation sites (N-methyl/N-ethyl adjacent to an activating group) is 1. The Labute approximate surface area is 122 Å². The number of nitrogens with one attached hydrogen (secondary N) is 2. The van der Waals surface area contributed by atoms with Crippen LogP contribution in [0.1, 0.15) is 22.1 Å². The van der Waals surface area contributed by atoms with Crippen molar-refractivity contribution >= 4 is 5.91 Å². The lowest BCUT2D eigenvalue weighted by Gasteiger charge is -2.22. The van der Waals surface area contributed by atoms with Crippen LogP contribution in [0.15, 0.2) is 47.3 Å². The molecule has 21 heavy (non-hydrogen) atoms. The highest BCUT2D eigenvalue weighted by Gasteiger charge is 2.17. The van der Waals surface area contributed by atoms with Crippen LogP contribution in [-0.4, -0.2) is 41.6 Å². The zero-order valence-electron chi connectivity index (χ0n) is 12.0. The molecule has 1 unspecified atom stereocenters.